The van der Waals surface area contributed by atoms with Gasteiger partial charge < -0.3 is 10.2 Å². The molecule has 1 fully saturated rings. The van der Waals surface area contributed by atoms with Crippen LogP contribution in [0.1, 0.15) is 0 Å². The minimum absolute atomic E-state index is 0.240. The monoisotopic (exact) mass is 406 g/mol. The van der Waals surface area contributed by atoms with E-state index in [4.69, 9.17) is 12.2 Å². The molecule has 2 aromatic rings. The molecule has 0 spiro atoms. The summed E-state index contributed by atoms with van der Waals surface area (Å²) in [6.07, 6.45) is 1.92. The van der Waals surface area contributed by atoms with Gasteiger partial charge in [-0.05, 0) is 36.5 Å². The second kappa shape index (κ2) is 8.20. The Morgan fingerprint density at radius 1 is 1.11 bits per heavy atom. The van der Waals surface area contributed by atoms with Crippen molar-refractivity contribution in [3.05, 3.63) is 48.7 Å². The Morgan fingerprint density at radius 3 is 2.48 bits per heavy atom. The third kappa shape index (κ3) is 4.55. The lowest BCUT2D eigenvalue weighted by molar-refractivity contribution is -0.364. The number of piperazine rings is 1. The van der Waals surface area contributed by atoms with Crippen molar-refractivity contribution in [2.45, 2.75) is 4.90 Å². The van der Waals surface area contributed by atoms with Crippen LogP contribution < -0.4 is 15.2 Å². The maximum Gasteiger partial charge on any atom is 0.274 e. The summed E-state index contributed by atoms with van der Waals surface area (Å²) in [5, 5.41) is 3.77. The molecular formula is C18H24N5O2S2+. The van der Waals surface area contributed by atoms with E-state index in [-0.39, 0.29) is 4.90 Å². The van der Waals surface area contributed by atoms with E-state index < -0.39 is 10.0 Å². The molecule has 0 atom stereocenters. The second-order valence-electron chi connectivity index (χ2n) is 6.47. The quantitative estimate of drug-likeness (QED) is 0.771. The van der Waals surface area contributed by atoms with Gasteiger partial charge in [0.25, 0.3) is 5.82 Å². The highest BCUT2D eigenvalue weighted by atomic mass is 32.2. The van der Waals surface area contributed by atoms with Gasteiger partial charge in [-0.15, -0.1) is 0 Å². The highest BCUT2D eigenvalue weighted by Gasteiger charge is 2.24. The van der Waals surface area contributed by atoms with Crippen molar-refractivity contribution >= 4 is 38.9 Å². The summed E-state index contributed by atoms with van der Waals surface area (Å²) in [6, 6.07) is 12.8. The number of pyridine rings is 1. The fourth-order valence-electron chi connectivity index (χ4n) is 2.88. The summed E-state index contributed by atoms with van der Waals surface area (Å²) in [5.74, 6) is 1.10. The molecule has 7 nitrogen and oxygen atoms in total. The molecule has 0 radical (unpaired) electrons. The zero-order chi connectivity index (χ0) is 19.4. The minimum atomic E-state index is -3.47. The summed E-state index contributed by atoms with van der Waals surface area (Å²) in [4.78, 5) is 7.87. The van der Waals surface area contributed by atoms with Crippen LogP contribution >= 0.6 is 12.2 Å². The van der Waals surface area contributed by atoms with Gasteiger partial charge in [0, 0.05) is 25.8 Å². The lowest BCUT2D eigenvalue weighted by Crippen LogP contribution is -2.51. The smallest absolute Gasteiger partial charge is 0.274 e. The van der Waals surface area contributed by atoms with Crippen molar-refractivity contribution < 1.29 is 13.4 Å². The number of benzene rings is 1. The molecular weight excluding hydrogens is 382 g/mol. The predicted octanol–water partition coefficient (Wildman–Crippen LogP) is 1.27. The van der Waals surface area contributed by atoms with Crippen LogP contribution in [0.25, 0.3) is 0 Å². The topological polar surface area (TPSA) is 70.0 Å². The highest BCUT2D eigenvalue weighted by Crippen LogP contribution is 2.19. The summed E-state index contributed by atoms with van der Waals surface area (Å²) in [5.41, 5.74) is 0.668. The second-order valence-corrected chi connectivity index (χ2v) is 9.01. The summed E-state index contributed by atoms with van der Waals surface area (Å²) < 4.78 is 25.8. The van der Waals surface area contributed by atoms with E-state index in [1.54, 1.807) is 18.2 Å². The molecule has 1 aliphatic rings. The number of aromatic nitrogens is 1. The molecule has 1 aromatic heterocycles. The van der Waals surface area contributed by atoms with Crippen LogP contribution in [0.5, 0.6) is 0 Å². The van der Waals surface area contributed by atoms with Crippen LogP contribution in [0.15, 0.2) is 53.6 Å². The molecule has 1 saturated heterocycles. The third-order valence-corrected chi connectivity index (χ3v) is 6.64. The lowest BCUT2D eigenvalue weighted by atomic mass is 10.3. The minimum Gasteiger partial charge on any atom is -0.341 e. The zero-order valence-corrected chi connectivity index (χ0v) is 17.1. The van der Waals surface area contributed by atoms with Crippen molar-refractivity contribution in [3.63, 3.8) is 0 Å². The zero-order valence-electron chi connectivity index (χ0n) is 15.4. The van der Waals surface area contributed by atoms with Crippen molar-refractivity contribution in [2.24, 2.45) is 0 Å². The lowest BCUT2D eigenvalue weighted by Gasteiger charge is -2.32. The van der Waals surface area contributed by atoms with Crippen LogP contribution in [0.2, 0.25) is 0 Å². The number of hydrogen-bond acceptors (Lipinski definition) is 4. The standard InChI is InChI=1S/C18H23N5O2S2/c1-21(2)27(24,25)16-7-5-6-15(14-16)20-18(26)23-12-10-22(11-13-23)17-8-3-4-9-19-17/h3-9,14H,10-13H2,1-2H3,(H,20,26)/p+1. The maximum absolute atomic E-state index is 12.3. The third-order valence-electron chi connectivity index (χ3n) is 4.46. The van der Waals surface area contributed by atoms with Gasteiger partial charge in [0.15, 0.2) is 5.11 Å². The predicted molar refractivity (Wildman–Crippen MR) is 110 cm³/mol. The number of nitrogens with one attached hydrogen (secondary N) is 2. The van der Waals surface area contributed by atoms with E-state index in [2.05, 4.69) is 26.2 Å². The van der Waals surface area contributed by atoms with Crippen LogP contribution in [0.4, 0.5) is 11.5 Å². The normalized spacial score (nSPS) is 15.1. The Labute approximate surface area is 165 Å². The summed E-state index contributed by atoms with van der Waals surface area (Å²) >= 11 is 5.53. The Hall–Kier alpha value is -2.23. The van der Waals surface area contributed by atoms with Crippen molar-refractivity contribution in [3.8, 4) is 0 Å². The Morgan fingerprint density at radius 2 is 1.85 bits per heavy atom. The molecule has 144 valence electrons. The van der Waals surface area contributed by atoms with Crippen molar-refractivity contribution in [1.29, 1.82) is 0 Å². The van der Waals surface area contributed by atoms with E-state index in [1.807, 2.05) is 24.4 Å². The van der Waals surface area contributed by atoms with Crippen molar-refractivity contribution in [1.82, 2.24) is 9.21 Å². The van der Waals surface area contributed by atoms with Crippen molar-refractivity contribution in [2.75, 3.05) is 50.5 Å². The van der Waals surface area contributed by atoms with E-state index >= 15 is 0 Å². The number of H-pyrrole nitrogens is 1. The molecule has 0 unspecified atom stereocenters. The Kier molecular flexibility index (Phi) is 5.93. The summed E-state index contributed by atoms with van der Waals surface area (Å²) in [6.45, 7) is 3.31. The first-order valence-corrected chi connectivity index (χ1v) is 10.5. The average Bonchev–Trinajstić information content (AvgIpc) is 2.69. The van der Waals surface area contributed by atoms with E-state index in [0.29, 0.717) is 10.8 Å². The first-order chi connectivity index (χ1) is 12.9. The molecule has 2 heterocycles. The van der Waals surface area contributed by atoms with Gasteiger partial charge >= 0.3 is 0 Å². The molecule has 0 bridgehead atoms. The number of hydrogen-bond donors (Lipinski definition) is 1. The number of anilines is 2. The van der Waals surface area contributed by atoms with Gasteiger partial charge in [-0.1, -0.05) is 12.1 Å². The van der Waals surface area contributed by atoms with E-state index in [9.17, 15) is 8.42 Å². The highest BCUT2D eigenvalue weighted by molar-refractivity contribution is 7.89. The molecule has 27 heavy (non-hydrogen) atoms. The molecule has 3 rings (SSSR count). The molecule has 1 aromatic carbocycles. The fourth-order valence-corrected chi connectivity index (χ4v) is 4.13. The molecule has 9 heteroatoms. The molecule has 1 aliphatic heterocycles. The molecule has 0 saturated carbocycles. The van der Waals surface area contributed by atoms with E-state index in [0.717, 1.165) is 32.0 Å². The van der Waals surface area contributed by atoms with Gasteiger partial charge in [-0.2, -0.15) is 0 Å². The van der Waals surface area contributed by atoms with Crippen LogP contribution in [-0.4, -0.2) is 63.0 Å². The van der Waals surface area contributed by atoms with Gasteiger partial charge in [0.05, 0.1) is 24.2 Å². The Balaban J connectivity index is 1.62. The van der Waals surface area contributed by atoms with Gasteiger partial charge in [-0.25, -0.2) is 17.7 Å². The van der Waals surface area contributed by atoms with Gasteiger partial charge in [-0.3, -0.25) is 4.90 Å². The largest absolute Gasteiger partial charge is 0.341 e. The van der Waals surface area contributed by atoms with E-state index in [1.165, 1.54) is 18.4 Å². The maximum atomic E-state index is 12.3. The number of nitrogens with zero attached hydrogens (tertiary/aromatic N) is 3. The number of sulfonamides is 1. The number of rotatable bonds is 4. The SMILES string of the molecule is CN(C)S(=O)(=O)c1cccc(NC(=S)N2CCN(c3cccc[nH+]3)CC2)c1. The summed E-state index contributed by atoms with van der Waals surface area (Å²) in [7, 11) is -0.437. The number of thiocarbonyl (C=S) groups is 1. The molecule has 2 N–H and O–H groups in total. The molecule has 0 amide bonds. The molecule has 0 aliphatic carbocycles. The first-order valence-electron chi connectivity index (χ1n) is 8.68. The number of aromatic amines is 1. The van der Waals surface area contributed by atoms with Gasteiger partial charge in [0.2, 0.25) is 10.0 Å². The van der Waals surface area contributed by atoms with Gasteiger partial charge in [0.1, 0.15) is 13.1 Å². The average molecular weight is 407 g/mol. The fraction of sp³-hybridized carbons (Fsp3) is 0.333. The van der Waals surface area contributed by atoms with Crippen LogP contribution in [0.3, 0.4) is 0 Å². The Bertz CT molecular complexity index is 895. The van der Waals surface area contributed by atoms with Crippen LogP contribution in [-0.2, 0) is 10.0 Å². The van der Waals surface area contributed by atoms with Crippen LogP contribution in [0, 0.1) is 0 Å². The first kappa shape index (κ1) is 19.5.